The van der Waals surface area contributed by atoms with Crippen molar-refractivity contribution in [3.05, 3.63) is 121 Å². The van der Waals surface area contributed by atoms with Crippen LogP contribution in [-0.2, 0) is 0 Å². The van der Waals surface area contributed by atoms with E-state index < -0.39 is 0 Å². The molecule has 1 heterocycles. The molecule has 0 radical (unpaired) electrons. The van der Waals surface area contributed by atoms with Crippen LogP contribution in [0, 0.1) is 13.8 Å². The van der Waals surface area contributed by atoms with Gasteiger partial charge in [-0.15, -0.1) is 0 Å². The molecule has 0 atom stereocenters. The van der Waals surface area contributed by atoms with Crippen LogP contribution in [0.3, 0.4) is 0 Å². The minimum Gasteiger partial charge on any atom is -0.233 e. The SMILES string of the molecule is Cc1ccc2c3ccccc3c3cc(-c4ccc(-c5nc(C)nc6ccccc56)cc4)ccc3c2c1. The van der Waals surface area contributed by atoms with Crippen molar-refractivity contribution in [2.75, 3.05) is 0 Å². The zero-order valence-corrected chi connectivity index (χ0v) is 20.3. The van der Waals surface area contributed by atoms with Gasteiger partial charge in [-0.25, -0.2) is 9.97 Å². The monoisotopic (exact) mass is 460 g/mol. The summed E-state index contributed by atoms with van der Waals surface area (Å²) in [5.74, 6) is 0.789. The molecule has 0 aliphatic heterocycles. The quantitative estimate of drug-likeness (QED) is 0.241. The third-order valence-corrected chi connectivity index (χ3v) is 7.20. The highest BCUT2D eigenvalue weighted by Crippen LogP contribution is 2.38. The van der Waals surface area contributed by atoms with Gasteiger partial charge in [0.15, 0.2) is 0 Å². The molecule has 0 fully saturated rings. The summed E-state index contributed by atoms with van der Waals surface area (Å²) < 4.78 is 0. The maximum atomic E-state index is 4.77. The number of rotatable bonds is 2. The van der Waals surface area contributed by atoms with E-state index in [1.165, 1.54) is 49.0 Å². The van der Waals surface area contributed by atoms with Gasteiger partial charge in [0, 0.05) is 10.9 Å². The van der Waals surface area contributed by atoms with Crippen LogP contribution >= 0.6 is 0 Å². The fraction of sp³-hybridized carbons (Fsp3) is 0.0588. The van der Waals surface area contributed by atoms with Gasteiger partial charge in [-0.3, -0.25) is 0 Å². The second-order valence-corrected chi connectivity index (χ2v) is 9.57. The molecular formula is C34H24N2. The Morgan fingerprint density at radius 2 is 0.972 bits per heavy atom. The van der Waals surface area contributed by atoms with Crippen molar-refractivity contribution in [1.82, 2.24) is 9.97 Å². The van der Waals surface area contributed by atoms with Crippen LogP contribution in [0.15, 0.2) is 109 Å². The molecule has 6 aromatic carbocycles. The first-order chi connectivity index (χ1) is 17.7. The molecule has 0 bridgehead atoms. The second kappa shape index (κ2) is 8.00. The highest BCUT2D eigenvalue weighted by Gasteiger charge is 2.11. The Hall–Kier alpha value is -4.56. The summed E-state index contributed by atoms with van der Waals surface area (Å²) in [6, 6.07) is 39.4. The van der Waals surface area contributed by atoms with Crippen molar-refractivity contribution in [2.24, 2.45) is 0 Å². The van der Waals surface area contributed by atoms with Gasteiger partial charge >= 0.3 is 0 Å². The largest absolute Gasteiger partial charge is 0.233 e. The third-order valence-electron chi connectivity index (χ3n) is 7.20. The normalized spacial score (nSPS) is 11.6. The maximum absolute atomic E-state index is 4.77. The average Bonchev–Trinajstić information content (AvgIpc) is 2.92. The topological polar surface area (TPSA) is 25.8 Å². The molecule has 0 spiro atoms. The van der Waals surface area contributed by atoms with Gasteiger partial charge in [-0.05, 0) is 69.4 Å². The molecule has 1 aromatic heterocycles. The predicted molar refractivity (Wildman–Crippen MR) is 152 cm³/mol. The Bertz CT molecular complexity index is 1950. The molecule has 0 saturated heterocycles. The minimum atomic E-state index is 0.789. The molecule has 0 aliphatic carbocycles. The van der Waals surface area contributed by atoms with Gasteiger partial charge in [0.1, 0.15) is 5.82 Å². The van der Waals surface area contributed by atoms with E-state index in [1.807, 2.05) is 25.1 Å². The van der Waals surface area contributed by atoms with Crippen molar-refractivity contribution in [2.45, 2.75) is 13.8 Å². The number of para-hydroxylation sites is 1. The lowest BCUT2D eigenvalue weighted by molar-refractivity contribution is 1.10. The van der Waals surface area contributed by atoms with Crippen LogP contribution in [0.1, 0.15) is 11.4 Å². The standard InChI is InChI=1S/C34H24N2/c1-21-11-17-28-26-7-3-4-8-27(26)32-20-25(16-18-29(32)31(28)19-21)23-12-14-24(15-13-23)34-30-9-5-6-10-33(30)35-22(2)36-34/h3-20H,1-2H3. The van der Waals surface area contributed by atoms with Gasteiger partial charge in [0.2, 0.25) is 0 Å². The second-order valence-electron chi connectivity index (χ2n) is 9.57. The molecule has 0 N–H and O–H groups in total. The highest BCUT2D eigenvalue weighted by atomic mass is 14.9. The Labute approximate surface area is 209 Å². The van der Waals surface area contributed by atoms with E-state index in [2.05, 4.69) is 103 Å². The van der Waals surface area contributed by atoms with Gasteiger partial charge in [-0.1, -0.05) is 103 Å². The van der Waals surface area contributed by atoms with Gasteiger partial charge in [-0.2, -0.15) is 0 Å². The summed E-state index contributed by atoms with van der Waals surface area (Å²) in [5, 5.41) is 8.90. The maximum Gasteiger partial charge on any atom is 0.126 e. The Balaban J connectivity index is 1.39. The first-order valence-electron chi connectivity index (χ1n) is 12.3. The predicted octanol–water partition coefficient (Wildman–Crippen LogP) is 9.04. The van der Waals surface area contributed by atoms with Crippen LogP contribution < -0.4 is 0 Å². The number of nitrogens with zero attached hydrogens (tertiary/aromatic N) is 2. The Morgan fingerprint density at radius 1 is 0.417 bits per heavy atom. The molecule has 7 aromatic rings. The molecule has 0 saturated carbocycles. The van der Waals surface area contributed by atoms with E-state index in [0.29, 0.717) is 0 Å². The van der Waals surface area contributed by atoms with E-state index in [0.717, 1.165) is 28.0 Å². The summed E-state index contributed by atoms with van der Waals surface area (Å²) in [6.45, 7) is 4.12. The lowest BCUT2D eigenvalue weighted by Gasteiger charge is -2.13. The zero-order chi connectivity index (χ0) is 24.2. The van der Waals surface area contributed by atoms with Crippen molar-refractivity contribution < 1.29 is 0 Å². The molecule has 0 unspecified atom stereocenters. The van der Waals surface area contributed by atoms with Crippen molar-refractivity contribution in [3.63, 3.8) is 0 Å². The minimum absolute atomic E-state index is 0.789. The third kappa shape index (κ3) is 3.26. The molecule has 2 heteroatoms. The fourth-order valence-electron chi connectivity index (χ4n) is 5.48. The van der Waals surface area contributed by atoms with E-state index in [-0.39, 0.29) is 0 Å². The summed E-state index contributed by atoms with van der Waals surface area (Å²) in [6.07, 6.45) is 0. The zero-order valence-electron chi connectivity index (χ0n) is 20.3. The first kappa shape index (κ1) is 20.8. The molecule has 2 nitrogen and oxygen atoms in total. The molecule has 170 valence electrons. The number of fused-ring (bicyclic) bond motifs is 7. The number of aromatic nitrogens is 2. The average molecular weight is 461 g/mol. The van der Waals surface area contributed by atoms with Crippen LogP contribution in [0.4, 0.5) is 0 Å². The Kier molecular flexibility index (Phi) is 4.62. The van der Waals surface area contributed by atoms with Crippen molar-refractivity contribution >= 4 is 43.2 Å². The fourth-order valence-corrected chi connectivity index (χ4v) is 5.48. The van der Waals surface area contributed by atoms with Crippen LogP contribution in [0.2, 0.25) is 0 Å². The number of aryl methyl sites for hydroxylation is 2. The van der Waals surface area contributed by atoms with Crippen LogP contribution in [0.25, 0.3) is 65.6 Å². The van der Waals surface area contributed by atoms with Crippen LogP contribution in [-0.4, -0.2) is 9.97 Å². The lowest BCUT2D eigenvalue weighted by atomic mass is 9.91. The van der Waals surface area contributed by atoms with E-state index in [1.54, 1.807) is 0 Å². The number of benzene rings is 6. The molecule has 0 amide bonds. The van der Waals surface area contributed by atoms with Gasteiger partial charge < -0.3 is 0 Å². The summed E-state index contributed by atoms with van der Waals surface area (Å²) >= 11 is 0. The number of hydrogen-bond acceptors (Lipinski definition) is 2. The van der Waals surface area contributed by atoms with E-state index in [4.69, 9.17) is 4.98 Å². The van der Waals surface area contributed by atoms with E-state index >= 15 is 0 Å². The van der Waals surface area contributed by atoms with Crippen molar-refractivity contribution in [3.8, 4) is 22.4 Å². The summed E-state index contributed by atoms with van der Waals surface area (Å²) in [7, 11) is 0. The van der Waals surface area contributed by atoms with Crippen LogP contribution in [0.5, 0.6) is 0 Å². The molecule has 7 rings (SSSR count). The summed E-state index contributed by atoms with van der Waals surface area (Å²) in [5.41, 5.74) is 6.77. The lowest BCUT2D eigenvalue weighted by Crippen LogP contribution is -1.93. The van der Waals surface area contributed by atoms with Gasteiger partial charge in [0.05, 0.1) is 11.2 Å². The number of hydrogen-bond donors (Lipinski definition) is 0. The van der Waals surface area contributed by atoms with Gasteiger partial charge in [0.25, 0.3) is 0 Å². The van der Waals surface area contributed by atoms with Crippen molar-refractivity contribution in [1.29, 1.82) is 0 Å². The first-order valence-corrected chi connectivity index (χ1v) is 12.3. The summed E-state index contributed by atoms with van der Waals surface area (Å²) in [4.78, 5) is 9.37. The molecule has 36 heavy (non-hydrogen) atoms. The highest BCUT2D eigenvalue weighted by molar-refractivity contribution is 6.25. The Morgan fingerprint density at radius 3 is 1.78 bits per heavy atom. The molecule has 0 aliphatic rings. The molecular weight excluding hydrogens is 436 g/mol. The van der Waals surface area contributed by atoms with E-state index in [9.17, 15) is 0 Å². The smallest absolute Gasteiger partial charge is 0.126 e.